The maximum absolute atomic E-state index is 14.6. The molecule has 32 heavy (non-hydrogen) atoms. The van der Waals surface area contributed by atoms with Gasteiger partial charge < -0.3 is 9.84 Å². The number of aromatic nitrogens is 1. The van der Waals surface area contributed by atoms with Gasteiger partial charge in [-0.05, 0) is 78.6 Å². The van der Waals surface area contributed by atoms with Gasteiger partial charge in [0.2, 0.25) is 0 Å². The molecule has 3 aromatic rings. The minimum absolute atomic E-state index is 0.0427. The first-order valence-electron chi connectivity index (χ1n) is 11.1. The van der Waals surface area contributed by atoms with Crippen molar-refractivity contribution in [3.05, 3.63) is 81.8 Å². The van der Waals surface area contributed by atoms with Crippen LogP contribution in [0.5, 0.6) is 5.75 Å². The summed E-state index contributed by atoms with van der Waals surface area (Å²) in [4.78, 5) is 16.0. The lowest BCUT2D eigenvalue weighted by molar-refractivity contribution is -0.139. The highest BCUT2D eigenvalue weighted by Gasteiger charge is 2.59. The van der Waals surface area contributed by atoms with Crippen LogP contribution >= 0.6 is 0 Å². The topological polar surface area (TPSA) is 59.4 Å². The van der Waals surface area contributed by atoms with Crippen LogP contribution in [0.25, 0.3) is 11.3 Å². The number of halogens is 1. The van der Waals surface area contributed by atoms with E-state index in [9.17, 15) is 14.3 Å². The molecule has 5 heteroatoms. The van der Waals surface area contributed by atoms with Crippen molar-refractivity contribution in [3.8, 4) is 17.0 Å². The van der Waals surface area contributed by atoms with Crippen LogP contribution in [0, 0.1) is 31.5 Å². The molecule has 0 aliphatic heterocycles. The fourth-order valence-corrected chi connectivity index (χ4v) is 5.32. The van der Waals surface area contributed by atoms with Crippen molar-refractivity contribution in [1.29, 1.82) is 0 Å². The molecule has 0 saturated heterocycles. The van der Waals surface area contributed by atoms with E-state index >= 15 is 0 Å². The number of carboxylic acid groups (broad SMARTS) is 1. The summed E-state index contributed by atoms with van der Waals surface area (Å²) in [5.74, 6) is -0.257. The first-order valence-corrected chi connectivity index (χ1v) is 11.1. The molecule has 1 aromatic heterocycles. The smallest absolute Gasteiger partial charge is 0.307 e. The van der Waals surface area contributed by atoms with E-state index in [-0.39, 0.29) is 35.9 Å². The fraction of sp³-hybridized carbons (Fsp3) is 0.333. The summed E-state index contributed by atoms with van der Waals surface area (Å²) in [7, 11) is 0. The second-order valence-corrected chi connectivity index (χ2v) is 8.95. The van der Waals surface area contributed by atoms with Crippen LogP contribution in [0.15, 0.2) is 42.5 Å². The molecule has 2 aliphatic carbocycles. The Morgan fingerprint density at radius 1 is 1.19 bits per heavy atom. The molecule has 1 heterocycles. The molecule has 164 valence electrons. The number of pyridine rings is 1. The zero-order valence-electron chi connectivity index (χ0n) is 18.5. The Bertz CT molecular complexity index is 1220. The summed E-state index contributed by atoms with van der Waals surface area (Å²) in [6.07, 6.45) is 1.53. The van der Waals surface area contributed by atoms with Crippen LogP contribution < -0.4 is 4.74 Å². The minimum atomic E-state index is -0.700. The Hall–Kier alpha value is -3.21. The van der Waals surface area contributed by atoms with Crippen LogP contribution in [-0.4, -0.2) is 16.1 Å². The van der Waals surface area contributed by atoms with Crippen LogP contribution in [0.4, 0.5) is 4.39 Å². The molecule has 3 unspecified atom stereocenters. The molecule has 1 saturated carbocycles. The number of aliphatic carboxylic acids is 1. The third-order valence-electron chi connectivity index (χ3n) is 6.99. The number of hydrogen-bond donors (Lipinski definition) is 1. The summed E-state index contributed by atoms with van der Waals surface area (Å²) in [6, 6.07) is 13.3. The van der Waals surface area contributed by atoms with Gasteiger partial charge in [-0.25, -0.2) is 9.37 Å². The fourth-order valence-electron chi connectivity index (χ4n) is 5.32. The van der Waals surface area contributed by atoms with Crippen LogP contribution in [0.1, 0.15) is 46.4 Å². The molecular weight excluding hydrogens is 405 g/mol. The number of nitrogens with zero attached hydrogens (tertiary/aromatic N) is 1. The third-order valence-corrected chi connectivity index (χ3v) is 6.99. The zero-order valence-corrected chi connectivity index (χ0v) is 18.5. The Morgan fingerprint density at radius 2 is 1.94 bits per heavy atom. The van der Waals surface area contributed by atoms with Gasteiger partial charge in [-0.1, -0.05) is 31.2 Å². The minimum Gasteiger partial charge on any atom is -0.487 e. The van der Waals surface area contributed by atoms with Gasteiger partial charge in [0.05, 0.1) is 11.6 Å². The summed E-state index contributed by atoms with van der Waals surface area (Å²) in [5.41, 5.74) is 7.56. The molecule has 2 aliphatic rings. The lowest BCUT2D eigenvalue weighted by Crippen LogP contribution is -2.08. The molecule has 2 aromatic carbocycles. The number of fused-ring (bicyclic) bond motifs is 3. The summed E-state index contributed by atoms with van der Waals surface area (Å²) < 4.78 is 20.6. The van der Waals surface area contributed by atoms with E-state index < -0.39 is 5.97 Å². The van der Waals surface area contributed by atoms with Gasteiger partial charge in [-0.3, -0.25) is 4.79 Å². The molecule has 0 spiro atoms. The maximum atomic E-state index is 14.6. The number of ether oxygens (including phenoxy) is 1. The van der Waals surface area contributed by atoms with Crippen molar-refractivity contribution in [2.75, 3.05) is 0 Å². The predicted molar refractivity (Wildman–Crippen MR) is 120 cm³/mol. The Kier molecular flexibility index (Phi) is 5.00. The van der Waals surface area contributed by atoms with E-state index in [1.54, 1.807) is 6.07 Å². The third kappa shape index (κ3) is 3.36. The summed E-state index contributed by atoms with van der Waals surface area (Å²) in [6.45, 7) is 6.15. The molecule has 0 bridgehead atoms. The van der Waals surface area contributed by atoms with E-state index in [1.807, 2.05) is 45.0 Å². The van der Waals surface area contributed by atoms with Crippen molar-refractivity contribution in [2.45, 2.75) is 46.1 Å². The van der Waals surface area contributed by atoms with Crippen molar-refractivity contribution >= 4 is 5.97 Å². The molecule has 1 fully saturated rings. The number of rotatable bonds is 6. The molecular formula is C27H26FNO3. The van der Waals surface area contributed by atoms with E-state index in [2.05, 4.69) is 11.1 Å². The number of hydrogen-bond acceptors (Lipinski definition) is 3. The highest BCUT2D eigenvalue weighted by Crippen LogP contribution is 2.62. The Balaban J connectivity index is 1.40. The summed E-state index contributed by atoms with van der Waals surface area (Å²) >= 11 is 0. The molecule has 4 nitrogen and oxygen atoms in total. The standard InChI is InChI=1S/C27H26FNO3/c1-4-16-10-18-17(11-19-25(18)26(19)27(30)31)12-23(16)32-13-22-20(28)8-9-21(29-22)24-14(2)6-5-7-15(24)3/h5-10,12,19,25-26H,4,11,13H2,1-3H3,(H,30,31). The molecule has 3 atom stereocenters. The SMILES string of the molecule is CCc1cc2c(cc1OCc1nc(-c3c(C)cccc3C)ccc1F)CC1C(C(=O)O)C21. The average Bonchev–Trinajstić information content (AvgIpc) is 3.37. The molecule has 1 N–H and O–H groups in total. The number of carbonyl (C=O) groups is 1. The van der Waals surface area contributed by atoms with Crippen molar-refractivity contribution in [1.82, 2.24) is 4.98 Å². The number of aryl methyl sites for hydroxylation is 3. The first-order chi connectivity index (χ1) is 15.4. The maximum Gasteiger partial charge on any atom is 0.307 e. The van der Waals surface area contributed by atoms with Crippen molar-refractivity contribution < 1.29 is 19.0 Å². The second kappa shape index (κ2) is 7.73. The average molecular weight is 432 g/mol. The highest BCUT2D eigenvalue weighted by molar-refractivity contribution is 5.78. The number of benzene rings is 2. The van der Waals surface area contributed by atoms with Gasteiger partial charge in [0.1, 0.15) is 23.9 Å². The molecule has 0 radical (unpaired) electrons. The predicted octanol–water partition coefficient (Wildman–Crippen LogP) is 5.62. The first kappa shape index (κ1) is 20.7. The van der Waals surface area contributed by atoms with Crippen LogP contribution in [0.2, 0.25) is 0 Å². The Labute approximate surface area is 187 Å². The van der Waals surface area contributed by atoms with Crippen molar-refractivity contribution in [3.63, 3.8) is 0 Å². The Morgan fingerprint density at radius 3 is 2.62 bits per heavy atom. The van der Waals surface area contributed by atoms with Gasteiger partial charge >= 0.3 is 5.97 Å². The largest absolute Gasteiger partial charge is 0.487 e. The molecule has 5 rings (SSSR count). The van der Waals surface area contributed by atoms with Gasteiger partial charge in [0.15, 0.2) is 0 Å². The van der Waals surface area contributed by atoms with Crippen LogP contribution in [-0.2, 0) is 24.2 Å². The highest BCUT2D eigenvalue weighted by atomic mass is 19.1. The summed E-state index contributed by atoms with van der Waals surface area (Å²) in [5, 5.41) is 9.37. The monoisotopic (exact) mass is 431 g/mol. The lowest BCUT2D eigenvalue weighted by Gasteiger charge is -2.16. The van der Waals surface area contributed by atoms with E-state index in [4.69, 9.17) is 4.74 Å². The van der Waals surface area contributed by atoms with Gasteiger partial charge in [0.25, 0.3) is 0 Å². The van der Waals surface area contributed by atoms with Crippen molar-refractivity contribution in [2.24, 2.45) is 11.8 Å². The van der Waals surface area contributed by atoms with Crippen LogP contribution in [0.3, 0.4) is 0 Å². The van der Waals surface area contributed by atoms with Gasteiger partial charge in [-0.2, -0.15) is 0 Å². The normalized spacial score (nSPS) is 20.6. The van der Waals surface area contributed by atoms with E-state index in [0.717, 1.165) is 57.7 Å². The number of carboxylic acids is 1. The zero-order chi connectivity index (χ0) is 22.6. The van der Waals surface area contributed by atoms with Gasteiger partial charge in [-0.15, -0.1) is 0 Å². The van der Waals surface area contributed by atoms with E-state index in [0.29, 0.717) is 0 Å². The second-order valence-electron chi connectivity index (χ2n) is 8.95. The quantitative estimate of drug-likeness (QED) is 0.551. The molecule has 0 amide bonds. The lowest BCUT2D eigenvalue weighted by atomic mass is 9.98. The van der Waals surface area contributed by atoms with E-state index in [1.165, 1.54) is 6.07 Å². The van der Waals surface area contributed by atoms with Gasteiger partial charge in [0, 0.05) is 11.5 Å².